The van der Waals surface area contributed by atoms with Crippen LogP contribution in [0, 0.1) is 5.82 Å². The van der Waals surface area contributed by atoms with E-state index in [0.29, 0.717) is 0 Å². The molecule has 1 N–H and O–H groups in total. The van der Waals surface area contributed by atoms with Crippen molar-refractivity contribution in [2.75, 3.05) is 6.61 Å². The van der Waals surface area contributed by atoms with E-state index >= 15 is 0 Å². The number of carbonyl (C=O) groups excluding carboxylic acids is 2. The Kier molecular flexibility index (Phi) is 7.82. The number of halogens is 1. The van der Waals surface area contributed by atoms with E-state index < -0.39 is 11.9 Å². The fraction of sp³-hybridized carbons (Fsp3) is 0.417. The fourth-order valence-electron chi connectivity index (χ4n) is 3.72. The summed E-state index contributed by atoms with van der Waals surface area (Å²) in [6.07, 6.45) is 5.38. The topological polar surface area (TPSA) is 58.6 Å². The third-order valence-corrected chi connectivity index (χ3v) is 5.50. The smallest absolute Gasteiger partial charge is 0.261 e. The Morgan fingerprint density at radius 1 is 1.07 bits per heavy atom. The maximum atomic E-state index is 13.8. The van der Waals surface area contributed by atoms with Crippen LogP contribution in [0.25, 0.3) is 0 Å². The van der Waals surface area contributed by atoms with Gasteiger partial charge < -0.3 is 15.0 Å². The number of benzene rings is 2. The van der Waals surface area contributed by atoms with Crippen molar-refractivity contribution in [3.8, 4) is 5.75 Å². The SMILES string of the molecule is CC(C(=O)NC1CCCCC1)N(Cc1ccccc1)C(=O)COc1ccccc1F. The van der Waals surface area contributed by atoms with Crippen LogP contribution in [0.4, 0.5) is 4.39 Å². The summed E-state index contributed by atoms with van der Waals surface area (Å²) in [5.41, 5.74) is 0.911. The number of amides is 2. The van der Waals surface area contributed by atoms with Gasteiger partial charge in [-0.2, -0.15) is 0 Å². The fourth-order valence-corrected chi connectivity index (χ4v) is 3.72. The molecule has 1 saturated carbocycles. The van der Waals surface area contributed by atoms with Crippen molar-refractivity contribution in [1.82, 2.24) is 10.2 Å². The van der Waals surface area contributed by atoms with Gasteiger partial charge in [-0.1, -0.05) is 61.7 Å². The molecule has 1 aliphatic rings. The highest BCUT2D eigenvalue weighted by Crippen LogP contribution is 2.19. The number of carbonyl (C=O) groups is 2. The summed E-state index contributed by atoms with van der Waals surface area (Å²) in [6.45, 7) is 1.66. The molecule has 0 radical (unpaired) electrons. The van der Waals surface area contributed by atoms with Gasteiger partial charge in [-0.15, -0.1) is 0 Å². The summed E-state index contributed by atoms with van der Waals surface area (Å²) in [4.78, 5) is 27.3. The van der Waals surface area contributed by atoms with Crippen LogP contribution in [0.1, 0.15) is 44.6 Å². The van der Waals surface area contributed by atoms with E-state index in [-0.39, 0.29) is 36.8 Å². The lowest BCUT2D eigenvalue weighted by Crippen LogP contribution is -2.51. The van der Waals surface area contributed by atoms with Crippen LogP contribution in [0.5, 0.6) is 5.75 Å². The molecular weight excluding hydrogens is 383 g/mol. The number of nitrogens with one attached hydrogen (secondary N) is 1. The number of nitrogens with zero attached hydrogens (tertiary/aromatic N) is 1. The predicted octanol–water partition coefficient (Wildman–Crippen LogP) is 4.07. The first-order chi connectivity index (χ1) is 14.5. The predicted molar refractivity (Wildman–Crippen MR) is 113 cm³/mol. The van der Waals surface area contributed by atoms with Crippen LogP contribution < -0.4 is 10.1 Å². The molecule has 0 aromatic heterocycles. The molecule has 2 aromatic carbocycles. The summed E-state index contributed by atoms with van der Waals surface area (Å²) in [5, 5.41) is 3.09. The molecular formula is C24H29FN2O3. The van der Waals surface area contributed by atoms with E-state index in [1.54, 1.807) is 19.1 Å². The highest BCUT2D eigenvalue weighted by Gasteiger charge is 2.28. The average Bonchev–Trinajstić information content (AvgIpc) is 2.77. The Morgan fingerprint density at radius 2 is 1.73 bits per heavy atom. The zero-order valence-electron chi connectivity index (χ0n) is 17.4. The molecule has 1 aliphatic carbocycles. The van der Waals surface area contributed by atoms with Crippen LogP contribution in [-0.4, -0.2) is 35.4 Å². The molecule has 2 aromatic rings. The van der Waals surface area contributed by atoms with Crippen LogP contribution in [-0.2, 0) is 16.1 Å². The van der Waals surface area contributed by atoms with E-state index in [1.165, 1.54) is 23.5 Å². The molecule has 5 nitrogen and oxygen atoms in total. The van der Waals surface area contributed by atoms with Gasteiger partial charge >= 0.3 is 0 Å². The second-order valence-corrected chi connectivity index (χ2v) is 7.75. The highest BCUT2D eigenvalue weighted by atomic mass is 19.1. The first-order valence-electron chi connectivity index (χ1n) is 10.6. The molecule has 0 spiro atoms. The molecule has 160 valence electrons. The van der Waals surface area contributed by atoms with Gasteiger partial charge in [0.15, 0.2) is 18.2 Å². The Hall–Kier alpha value is -2.89. The lowest BCUT2D eigenvalue weighted by molar-refractivity contribution is -0.142. The zero-order chi connectivity index (χ0) is 21.3. The molecule has 0 aliphatic heterocycles. The van der Waals surface area contributed by atoms with Gasteiger partial charge in [0.25, 0.3) is 5.91 Å². The van der Waals surface area contributed by atoms with Gasteiger partial charge in [0.1, 0.15) is 6.04 Å². The van der Waals surface area contributed by atoms with Gasteiger partial charge in [0.2, 0.25) is 5.91 Å². The zero-order valence-corrected chi connectivity index (χ0v) is 17.4. The second kappa shape index (κ2) is 10.8. The minimum Gasteiger partial charge on any atom is -0.481 e. The van der Waals surface area contributed by atoms with Crippen molar-refractivity contribution in [1.29, 1.82) is 0 Å². The minimum absolute atomic E-state index is 0.0184. The van der Waals surface area contributed by atoms with E-state index in [4.69, 9.17) is 4.74 Å². The first kappa shape index (κ1) is 21.8. The van der Waals surface area contributed by atoms with E-state index in [1.807, 2.05) is 30.3 Å². The molecule has 1 unspecified atom stereocenters. The quantitative estimate of drug-likeness (QED) is 0.711. The first-order valence-corrected chi connectivity index (χ1v) is 10.6. The van der Waals surface area contributed by atoms with Gasteiger partial charge in [-0.25, -0.2) is 4.39 Å². The maximum absolute atomic E-state index is 13.8. The second-order valence-electron chi connectivity index (χ2n) is 7.75. The summed E-state index contributed by atoms with van der Waals surface area (Å²) in [7, 11) is 0. The molecule has 0 saturated heterocycles. The Balaban J connectivity index is 1.69. The van der Waals surface area contributed by atoms with Crippen molar-refractivity contribution < 1.29 is 18.7 Å². The highest BCUT2D eigenvalue weighted by molar-refractivity contribution is 5.88. The van der Waals surface area contributed by atoms with Crippen molar-refractivity contribution in [2.24, 2.45) is 0 Å². The van der Waals surface area contributed by atoms with Crippen LogP contribution >= 0.6 is 0 Å². The monoisotopic (exact) mass is 412 g/mol. The molecule has 30 heavy (non-hydrogen) atoms. The van der Waals surface area contributed by atoms with Crippen LogP contribution in [0.2, 0.25) is 0 Å². The van der Waals surface area contributed by atoms with E-state index in [2.05, 4.69) is 5.32 Å². The normalized spacial score (nSPS) is 15.3. The number of hydrogen-bond acceptors (Lipinski definition) is 3. The molecule has 0 bridgehead atoms. The van der Waals surface area contributed by atoms with Crippen molar-refractivity contribution in [3.05, 3.63) is 66.0 Å². The van der Waals surface area contributed by atoms with Crippen molar-refractivity contribution >= 4 is 11.8 Å². The Labute approximate surface area is 177 Å². The molecule has 0 heterocycles. The Morgan fingerprint density at radius 3 is 2.43 bits per heavy atom. The van der Waals surface area contributed by atoms with E-state index in [9.17, 15) is 14.0 Å². The number of ether oxygens (including phenoxy) is 1. The summed E-state index contributed by atoms with van der Waals surface area (Å²) in [6, 6.07) is 14.9. The van der Waals surface area contributed by atoms with Crippen LogP contribution in [0.15, 0.2) is 54.6 Å². The number of hydrogen-bond donors (Lipinski definition) is 1. The third-order valence-electron chi connectivity index (χ3n) is 5.50. The average molecular weight is 413 g/mol. The third kappa shape index (κ3) is 6.05. The standard InChI is InChI=1S/C24H29FN2O3/c1-18(24(29)26-20-12-6-3-7-13-20)27(16-19-10-4-2-5-11-19)23(28)17-30-22-15-9-8-14-21(22)25/h2,4-5,8-11,14-15,18,20H,3,6-7,12-13,16-17H2,1H3,(H,26,29). The lowest BCUT2D eigenvalue weighted by atomic mass is 9.95. The van der Waals surface area contributed by atoms with E-state index in [0.717, 1.165) is 31.2 Å². The molecule has 6 heteroatoms. The summed E-state index contributed by atoms with van der Waals surface area (Å²) >= 11 is 0. The van der Waals surface area contributed by atoms with Gasteiger partial charge in [-0.3, -0.25) is 9.59 Å². The van der Waals surface area contributed by atoms with Gasteiger partial charge in [0, 0.05) is 12.6 Å². The summed E-state index contributed by atoms with van der Waals surface area (Å²) < 4.78 is 19.2. The maximum Gasteiger partial charge on any atom is 0.261 e. The number of rotatable bonds is 8. The minimum atomic E-state index is -0.663. The number of para-hydroxylation sites is 1. The molecule has 3 rings (SSSR count). The molecule has 1 atom stereocenters. The van der Waals surface area contributed by atoms with Crippen molar-refractivity contribution in [3.63, 3.8) is 0 Å². The molecule has 1 fully saturated rings. The van der Waals surface area contributed by atoms with Gasteiger partial charge in [-0.05, 0) is 37.5 Å². The van der Waals surface area contributed by atoms with Crippen LogP contribution in [0.3, 0.4) is 0 Å². The van der Waals surface area contributed by atoms with Crippen molar-refractivity contribution in [2.45, 2.75) is 57.7 Å². The lowest BCUT2D eigenvalue weighted by Gasteiger charge is -2.31. The Bertz CT molecular complexity index is 837. The van der Waals surface area contributed by atoms with Gasteiger partial charge in [0.05, 0.1) is 0 Å². The summed E-state index contributed by atoms with van der Waals surface area (Å²) in [5.74, 6) is -1.04. The largest absolute Gasteiger partial charge is 0.481 e. The molecule has 2 amide bonds.